The number of rotatable bonds is 7. The first-order valence-electron chi connectivity index (χ1n) is 6.27. The quantitative estimate of drug-likeness (QED) is 0.657. The topological polar surface area (TPSA) is 113 Å². The van der Waals surface area contributed by atoms with E-state index < -0.39 is 27.9 Å². The summed E-state index contributed by atoms with van der Waals surface area (Å²) in [7, 11) is -3.17. The summed E-state index contributed by atoms with van der Waals surface area (Å²) in [6.07, 6.45) is 1.21. The van der Waals surface area contributed by atoms with Gasteiger partial charge in [-0.1, -0.05) is 30.3 Å². The van der Waals surface area contributed by atoms with E-state index in [4.69, 9.17) is 5.11 Å². The first-order chi connectivity index (χ1) is 9.78. The Morgan fingerprint density at radius 2 is 1.86 bits per heavy atom. The van der Waals surface area contributed by atoms with Crippen molar-refractivity contribution in [2.24, 2.45) is 0 Å². The smallest absolute Gasteiger partial charge is 0.326 e. The van der Waals surface area contributed by atoms with E-state index in [0.717, 1.165) is 11.8 Å². The molecule has 0 spiro atoms. The average Bonchev–Trinajstić information content (AvgIpc) is 2.37. The van der Waals surface area contributed by atoms with Crippen molar-refractivity contribution in [1.82, 2.24) is 10.6 Å². The number of carboxylic acid groups (broad SMARTS) is 1. The van der Waals surface area contributed by atoms with Crippen molar-refractivity contribution >= 4 is 21.8 Å². The first kappa shape index (κ1) is 17.0. The minimum Gasteiger partial charge on any atom is -0.480 e. The summed E-state index contributed by atoms with van der Waals surface area (Å²) in [5, 5.41) is 13.7. The number of carbonyl (C=O) groups is 2. The zero-order chi connectivity index (χ0) is 15.9. The fourth-order valence-corrected chi connectivity index (χ4v) is 2.08. The summed E-state index contributed by atoms with van der Waals surface area (Å²) in [5.74, 6) is -1.35. The highest BCUT2D eigenvalue weighted by Gasteiger charge is 2.20. The van der Waals surface area contributed by atoms with Gasteiger partial charge in [-0.2, -0.15) is 0 Å². The lowest BCUT2D eigenvalue weighted by molar-refractivity contribution is -0.139. The molecule has 0 fully saturated rings. The number of hydrogen-bond acceptors (Lipinski definition) is 4. The molecule has 8 heteroatoms. The van der Waals surface area contributed by atoms with Crippen LogP contribution in [0.4, 0.5) is 4.79 Å². The Kier molecular flexibility index (Phi) is 6.16. The number of carbonyl (C=O) groups excluding carboxylic acids is 1. The van der Waals surface area contributed by atoms with Crippen molar-refractivity contribution < 1.29 is 23.1 Å². The summed E-state index contributed by atoms with van der Waals surface area (Å²) < 4.78 is 21.8. The maximum absolute atomic E-state index is 11.6. The van der Waals surface area contributed by atoms with Crippen LogP contribution in [0, 0.1) is 0 Å². The Morgan fingerprint density at radius 1 is 1.24 bits per heavy atom. The van der Waals surface area contributed by atoms with E-state index in [1.165, 1.54) is 0 Å². The number of nitrogens with one attached hydrogen (secondary N) is 2. The number of hydrogen-bond donors (Lipinski definition) is 3. The van der Waals surface area contributed by atoms with Gasteiger partial charge in [0.05, 0.1) is 5.75 Å². The molecule has 1 aromatic rings. The summed E-state index contributed by atoms with van der Waals surface area (Å²) in [6.45, 7) is -0.0671. The van der Waals surface area contributed by atoms with Crippen LogP contribution in [0.2, 0.25) is 0 Å². The second kappa shape index (κ2) is 7.63. The molecule has 0 heterocycles. The van der Waals surface area contributed by atoms with E-state index in [2.05, 4.69) is 10.6 Å². The molecule has 0 radical (unpaired) electrons. The Balaban J connectivity index is 2.51. The van der Waals surface area contributed by atoms with Gasteiger partial charge in [0.2, 0.25) is 0 Å². The van der Waals surface area contributed by atoms with Crippen LogP contribution in [-0.4, -0.2) is 50.1 Å². The van der Waals surface area contributed by atoms with E-state index in [1.807, 2.05) is 6.07 Å². The minimum absolute atomic E-state index is 0.0671. The maximum atomic E-state index is 11.6. The van der Waals surface area contributed by atoms with E-state index in [1.54, 1.807) is 24.3 Å². The number of carboxylic acids is 1. The number of benzene rings is 1. The third kappa shape index (κ3) is 7.31. The van der Waals surface area contributed by atoms with Gasteiger partial charge < -0.3 is 15.7 Å². The molecule has 3 N–H and O–H groups in total. The van der Waals surface area contributed by atoms with E-state index >= 15 is 0 Å². The van der Waals surface area contributed by atoms with E-state index in [-0.39, 0.29) is 18.7 Å². The molecule has 2 amide bonds. The van der Waals surface area contributed by atoms with Gasteiger partial charge in [-0.05, 0) is 5.56 Å². The first-order valence-corrected chi connectivity index (χ1v) is 8.33. The van der Waals surface area contributed by atoms with Crippen LogP contribution in [0.3, 0.4) is 0 Å². The van der Waals surface area contributed by atoms with Crippen molar-refractivity contribution in [3.05, 3.63) is 35.9 Å². The molecular weight excluding hydrogens is 296 g/mol. The molecule has 0 saturated heterocycles. The van der Waals surface area contributed by atoms with Crippen molar-refractivity contribution in [2.45, 2.75) is 12.5 Å². The fourth-order valence-electron chi connectivity index (χ4n) is 1.61. The third-order valence-electron chi connectivity index (χ3n) is 2.64. The van der Waals surface area contributed by atoms with E-state index in [9.17, 15) is 18.0 Å². The van der Waals surface area contributed by atoms with Crippen LogP contribution < -0.4 is 10.6 Å². The van der Waals surface area contributed by atoms with Gasteiger partial charge in [-0.15, -0.1) is 0 Å². The third-order valence-corrected chi connectivity index (χ3v) is 3.59. The molecule has 0 bridgehead atoms. The maximum Gasteiger partial charge on any atom is 0.326 e. The molecule has 1 unspecified atom stereocenters. The molecular formula is C13H18N2O5S. The molecule has 0 saturated carbocycles. The Labute approximate surface area is 123 Å². The lowest BCUT2D eigenvalue weighted by Crippen LogP contribution is -2.47. The molecule has 116 valence electrons. The zero-order valence-corrected chi connectivity index (χ0v) is 12.4. The lowest BCUT2D eigenvalue weighted by atomic mass is 10.1. The molecule has 0 aromatic heterocycles. The van der Waals surface area contributed by atoms with E-state index in [0.29, 0.717) is 0 Å². The number of amides is 2. The van der Waals surface area contributed by atoms with Gasteiger partial charge in [0.15, 0.2) is 0 Å². The minimum atomic E-state index is -3.17. The SMILES string of the molecule is CS(=O)(=O)CCNC(=O)NC(Cc1ccccc1)C(=O)O. The fraction of sp³-hybridized carbons (Fsp3) is 0.385. The monoisotopic (exact) mass is 314 g/mol. The van der Waals surface area contributed by atoms with Gasteiger partial charge in [0.1, 0.15) is 15.9 Å². The molecule has 21 heavy (non-hydrogen) atoms. The molecule has 1 atom stereocenters. The van der Waals surface area contributed by atoms with Gasteiger partial charge in [0, 0.05) is 19.2 Å². The molecule has 0 aliphatic heterocycles. The van der Waals surface area contributed by atoms with Gasteiger partial charge in [-0.25, -0.2) is 18.0 Å². The van der Waals surface area contributed by atoms with Crippen LogP contribution in [0.5, 0.6) is 0 Å². The second-order valence-electron chi connectivity index (χ2n) is 4.61. The Hall–Kier alpha value is -2.09. The largest absolute Gasteiger partial charge is 0.480 e. The Bertz CT molecular complexity index is 586. The highest BCUT2D eigenvalue weighted by atomic mass is 32.2. The van der Waals surface area contributed by atoms with Gasteiger partial charge in [0.25, 0.3) is 0 Å². The lowest BCUT2D eigenvalue weighted by Gasteiger charge is -2.15. The number of sulfone groups is 1. The molecule has 0 aliphatic carbocycles. The van der Waals surface area contributed by atoms with Crippen LogP contribution in [-0.2, 0) is 21.1 Å². The van der Waals surface area contributed by atoms with Crippen LogP contribution in [0.25, 0.3) is 0 Å². The summed E-state index contributed by atoms with van der Waals surface area (Å²) in [5.41, 5.74) is 0.779. The molecule has 7 nitrogen and oxygen atoms in total. The highest BCUT2D eigenvalue weighted by Crippen LogP contribution is 2.03. The Morgan fingerprint density at radius 3 is 2.38 bits per heavy atom. The van der Waals surface area contributed by atoms with Gasteiger partial charge >= 0.3 is 12.0 Å². The standard InChI is InChI=1S/C13H18N2O5S/c1-21(19,20)8-7-14-13(18)15-11(12(16)17)9-10-5-3-2-4-6-10/h2-6,11H,7-9H2,1H3,(H,16,17)(H2,14,15,18). The summed E-state index contributed by atoms with van der Waals surface area (Å²) in [4.78, 5) is 22.7. The zero-order valence-electron chi connectivity index (χ0n) is 11.6. The molecule has 0 aliphatic rings. The van der Waals surface area contributed by atoms with Crippen LogP contribution in [0.1, 0.15) is 5.56 Å². The normalized spacial score (nSPS) is 12.4. The summed E-state index contributed by atoms with van der Waals surface area (Å²) in [6, 6.07) is 7.11. The predicted molar refractivity (Wildman–Crippen MR) is 77.8 cm³/mol. The van der Waals surface area contributed by atoms with Crippen LogP contribution in [0.15, 0.2) is 30.3 Å². The van der Waals surface area contributed by atoms with Gasteiger partial charge in [-0.3, -0.25) is 0 Å². The van der Waals surface area contributed by atoms with Crippen molar-refractivity contribution in [2.75, 3.05) is 18.6 Å². The molecule has 1 aromatic carbocycles. The van der Waals surface area contributed by atoms with Crippen molar-refractivity contribution in [3.8, 4) is 0 Å². The van der Waals surface area contributed by atoms with Crippen molar-refractivity contribution in [3.63, 3.8) is 0 Å². The van der Waals surface area contributed by atoms with Crippen molar-refractivity contribution in [1.29, 1.82) is 0 Å². The average molecular weight is 314 g/mol. The molecule has 1 rings (SSSR count). The predicted octanol–water partition coefficient (Wildman–Crippen LogP) is 0.0261. The highest BCUT2D eigenvalue weighted by molar-refractivity contribution is 7.90. The second-order valence-corrected chi connectivity index (χ2v) is 6.87. The number of urea groups is 1. The van der Waals surface area contributed by atoms with Crippen LogP contribution >= 0.6 is 0 Å². The number of aliphatic carboxylic acids is 1. The summed E-state index contributed by atoms with van der Waals surface area (Å²) >= 11 is 0.